The minimum atomic E-state index is 0.450. The molecule has 0 radical (unpaired) electrons. The van der Waals surface area contributed by atoms with E-state index in [0.29, 0.717) is 4.75 Å². The van der Waals surface area contributed by atoms with Gasteiger partial charge < -0.3 is 10.6 Å². The van der Waals surface area contributed by atoms with Crippen LogP contribution in [0.15, 0.2) is 0 Å². The van der Waals surface area contributed by atoms with E-state index >= 15 is 0 Å². The van der Waals surface area contributed by atoms with Gasteiger partial charge in [0.1, 0.15) is 17.5 Å². The minimum Gasteiger partial charge on any atom is -0.373 e. The van der Waals surface area contributed by atoms with E-state index in [-0.39, 0.29) is 0 Å². The zero-order chi connectivity index (χ0) is 12.5. The molecule has 0 amide bonds. The molecule has 0 saturated heterocycles. The van der Waals surface area contributed by atoms with Crippen molar-refractivity contribution in [2.24, 2.45) is 0 Å². The molecule has 4 nitrogen and oxygen atoms in total. The molecule has 0 aromatic carbocycles. The van der Waals surface area contributed by atoms with Gasteiger partial charge in [-0.2, -0.15) is 11.8 Å². The Morgan fingerprint density at radius 1 is 1.24 bits per heavy atom. The number of aryl methyl sites for hydroxylation is 1. The summed E-state index contributed by atoms with van der Waals surface area (Å²) >= 11 is 1.96. The zero-order valence-corrected chi connectivity index (χ0v) is 11.7. The van der Waals surface area contributed by atoms with Crippen LogP contribution in [0.3, 0.4) is 0 Å². The summed E-state index contributed by atoms with van der Waals surface area (Å²) in [4.78, 5) is 8.84. The zero-order valence-electron chi connectivity index (χ0n) is 10.9. The van der Waals surface area contributed by atoms with E-state index in [1.54, 1.807) is 0 Å². The van der Waals surface area contributed by atoms with E-state index < -0.39 is 0 Å². The van der Waals surface area contributed by atoms with Crippen LogP contribution in [-0.2, 0) is 0 Å². The highest BCUT2D eigenvalue weighted by Gasteiger charge is 2.41. The van der Waals surface area contributed by atoms with Crippen molar-refractivity contribution in [2.75, 3.05) is 30.5 Å². The molecule has 1 fully saturated rings. The van der Waals surface area contributed by atoms with Crippen LogP contribution in [0.4, 0.5) is 11.6 Å². The molecule has 1 saturated carbocycles. The summed E-state index contributed by atoms with van der Waals surface area (Å²) in [6.07, 6.45) is 4.80. The van der Waals surface area contributed by atoms with Gasteiger partial charge in [0.25, 0.3) is 0 Å². The second-order valence-electron chi connectivity index (χ2n) is 4.58. The maximum atomic E-state index is 4.47. The van der Waals surface area contributed by atoms with Crippen LogP contribution < -0.4 is 10.6 Å². The molecule has 0 aliphatic heterocycles. The van der Waals surface area contributed by atoms with Gasteiger partial charge in [0.15, 0.2) is 0 Å². The largest absolute Gasteiger partial charge is 0.373 e. The minimum absolute atomic E-state index is 0.450. The summed E-state index contributed by atoms with van der Waals surface area (Å²) < 4.78 is 0.450. The molecule has 1 aromatic heterocycles. The van der Waals surface area contributed by atoms with Gasteiger partial charge in [0, 0.05) is 23.9 Å². The van der Waals surface area contributed by atoms with Crippen LogP contribution in [0, 0.1) is 13.8 Å². The predicted molar refractivity (Wildman–Crippen MR) is 75.0 cm³/mol. The molecule has 0 unspecified atom stereocenters. The normalized spacial score (nSPS) is 16.7. The Morgan fingerprint density at radius 2 is 1.88 bits per heavy atom. The predicted octanol–water partition coefficient (Wildman–Crippen LogP) is 2.44. The molecule has 2 N–H and O–H groups in total. The molecule has 94 valence electrons. The van der Waals surface area contributed by atoms with Crippen molar-refractivity contribution in [1.82, 2.24) is 9.97 Å². The summed E-state index contributed by atoms with van der Waals surface area (Å²) in [7, 11) is 1.89. The first-order chi connectivity index (χ1) is 8.10. The molecule has 0 bridgehead atoms. The molecule has 1 aliphatic rings. The van der Waals surface area contributed by atoms with Crippen LogP contribution in [0.5, 0.6) is 0 Å². The van der Waals surface area contributed by atoms with Gasteiger partial charge in [0.2, 0.25) is 0 Å². The van der Waals surface area contributed by atoms with Crippen molar-refractivity contribution in [3.05, 3.63) is 11.4 Å². The molecule has 1 aromatic rings. The van der Waals surface area contributed by atoms with E-state index in [1.165, 1.54) is 12.8 Å². The number of thioether (sulfide) groups is 1. The molecule has 0 spiro atoms. The number of hydrogen-bond donors (Lipinski definition) is 2. The number of aromatic nitrogens is 2. The summed E-state index contributed by atoms with van der Waals surface area (Å²) in [5.41, 5.74) is 1.09. The lowest BCUT2D eigenvalue weighted by Crippen LogP contribution is -2.19. The number of nitrogens with one attached hydrogen (secondary N) is 2. The Labute approximate surface area is 107 Å². The molecule has 1 aliphatic carbocycles. The smallest absolute Gasteiger partial charge is 0.134 e. The second-order valence-corrected chi connectivity index (χ2v) is 5.86. The molecular weight excluding hydrogens is 232 g/mol. The SMILES string of the molecule is CNc1nc(C)nc(NCC2(SC)CC2)c1C. The van der Waals surface area contributed by atoms with E-state index in [2.05, 4.69) is 26.9 Å². The van der Waals surface area contributed by atoms with Crippen LogP contribution in [-0.4, -0.2) is 34.6 Å². The lowest BCUT2D eigenvalue weighted by molar-refractivity contribution is 0.924. The molecule has 17 heavy (non-hydrogen) atoms. The average Bonchev–Trinajstić information content (AvgIpc) is 3.10. The highest BCUT2D eigenvalue weighted by molar-refractivity contribution is 8.00. The number of anilines is 2. The Hall–Kier alpha value is -0.970. The first-order valence-corrected chi connectivity index (χ1v) is 7.15. The van der Waals surface area contributed by atoms with Crippen molar-refractivity contribution in [3.8, 4) is 0 Å². The number of rotatable bonds is 5. The molecule has 2 rings (SSSR count). The fraction of sp³-hybridized carbons (Fsp3) is 0.667. The third-order valence-corrected chi connectivity index (χ3v) is 4.73. The van der Waals surface area contributed by atoms with Gasteiger partial charge in [-0.25, -0.2) is 9.97 Å². The fourth-order valence-electron chi connectivity index (χ4n) is 1.88. The van der Waals surface area contributed by atoms with E-state index in [0.717, 1.165) is 29.6 Å². The van der Waals surface area contributed by atoms with Crippen molar-refractivity contribution < 1.29 is 0 Å². The van der Waals surface area contributed by atoms with E-state index in [9.17, 15) is 0 Å². The Balaban J connectivity index is 2.12. The summed E-state index contributed by atoms with van der Waals surface area (Å²) in [5.74, 6) is 2.67. The van der Waals surface area contributed by atoms with Gasteiger partial charge in [-0.05, 0) is 32.9 Å². The third-order valence-electron chi connectivity index (χ3n) is 3.31. The third kappa shape index (κ3) is 2.65. The molecule has 1 heterocycles. The quantitative estimate of drug-likeness (QED) is 0.843. The molecule has 5 heteroatoms. The van der Waals surface area contributed by atoms with Gasteiger partial charge >= 0.3 is 0 Å². The van der Waals surface area contributed by atoms with Gasteiger partial charge in [-0.3, -0.25) is 0 Å². The van der Waals surface area contributed by atoms with Crippen LogP contribution in [0.1, 0.15) is 24.2 Å². The van der Waals surface area contributed by atoms with Crippen LogP contribution >= 0.6 is 11.8 Å². The number of hydrogen-bond acceptors (Lipinski definition) is 5. The highest BCUT2D eigenvalue weighted by Crippen LogP contribution is 2.47. The summed E-state index contributed by atoms with van der Waals surface area (Å²) in [6.45, 7) is 4.97. The summed E-state index contributed by atoms with van der Waals surface area (Å²) in [6, 6.07) is 0. The first-order valence-electron chi connectivity index (χ1n) is 5.92. The highest BCUT2D eigenvalue weighted by atomic mass is 32.2. The topological polar surface area (TPSA) is 49.8 Å². The van der Waals surface area contributed by atoms with Crippen molar-refractivity contribution in [1.29, 1.82) is 0 Å². The maximum absolute atomic E-state index is 4.47. The second kappa shape index (κ2) is 4.72. The Morgan fingerprint density at radius 3 is 2.41 bits per heavy atom. The lowest BCUT2D eigenvalue weighted by Gasteiger charge is -2.16. The van der Waals surface area contributed by atoms with E-state index in [4.69, 9.17) is 0 Å². The first kappa shape index (κ1) is 12.5. The van der Waals surface area contributed by atoms with Gasteiger partial charge in [-0.15, -0.1) is 0 Å². The monoisotopic (exact) mass is 252 g/mol. The fourth-order valence-corrected chi connectivity index (χ4v) is 2.61. The van der Waals surface area contributed by atoms with Crippen molar-refractivity contribution >= 4 is 23.4 Å². The Bertz CT molecular complexity index is 415. The Kier molecular flexibility index (Phi) is 3.47. The van der Waals surface area contributed by atoms with Crippen LogP contribution in [0.25, 0.3) is 0 Å². The average molecular weight is 252 g/mol. The molecule has 0 atom stereocenters. The molecular formula is C12H20N4S. The lowest BCUT2D eigenvalue weighted by atomic mass is 10.3. The van der Waals surface area contributed by atoms with Gasteiger partial charge in [0.05, 0.1) is 0 Å². The van der Waals surface area contributed by atoms with Crippen LogP contribution in [0.2, 0.25) is 0 Å². The van der Waals surface area contributed by atoms with Gasteiger partial charge in [-0.1, -0.05) is 0 Å². The maximum Gasteiger partial charge on any atom is 0.134 e. The number of nitrogens with zero attached hydrogens (tertiary/aromatic N) is 2. The standard InChI is InChI=1S/C12H20N4S/c1-8-10(13-3)15-9(2)16-11(8)14-7-12(17-4)5-6-12/h5-7H2,1-4H3,(H2,13,14,15,16). The summed E-state index contributed by atoms with van der Waals surface area (Å²) in [5, 5.41) is 6.58. The van der Waals surface area contributed by atoms with Crippen molar-refractivity contribution in [3.63, 3.8) is 0 Å². The van der Waals surface area contributed by atoms with E-state index in [1.807, 2.05) is 32.7 Å². The van der Waals surface area contributed by atoms with Crippen molar-refractivity contribution in [2.45, 2.75) is 31.4 Å².